The second-order valence-corrected chi connectivity index (χ2v) is 8.82. The molecular formula is C27H31F2NO2. The lowest BCUT2D eigenvalue weighted by Gasteiger charge is -2.23. The molecule has 32 heavy (non-hydrogen) atoms. The van der Waals surface area contributed by atoms with Crippen LogP contribution in [-0.4, -0.2) is 25.8 Å². The molecule has 170 valence electrons. The van der Waals surface area contributed by atoms with Gasteiger partial charge in [0.05, 0.1) is 0 Å². The van der Waals surface area contributed by atoms with Gasteiger partial charge < -0.3 is 14.7 Å². The number of ether oxygens (including phenoxy) is 1. The smallest absolute Gasteiger partial charge is 0.387 e. The molecule has 0 bridgehead atoms. The second kappa shape index (κ2) is 9.60. The molecule has 0 heterocycles. The molecule has 3 nitrogen and oxygen atoms in total. The summed E-state index contributed by atoms with van der Waals surface area (Å²) in [4.78, 5) is 1.94. The number of benzene rings is 3. The molecule has 3 rings (SSSR count). The van der Waals surface area contributed by atoms with Crippen LogP contribution < -0.4 is 9.64 Å². The number of nitrogens with zero attached hydrogens (tertiary/aromatic N) is 1. The van der Waals surface area contributed by atoms with Crippen molar-refractivity contribution in [2.75, 3.05) is 19.0 Å². The Bertz CT molecular complexity index is 1090. The fourth-order valence-corrected chi connectivity index (χ4v) is 3.82. The van der Waals surface area contributed by atoms with Crippen molar-refractivity contribution in [1.29, 1.82) is 0 Å². The van der Waals surface area contributed by atoms with Gasteiger partial charge in [-0.15, -0.1) is 0 Å². The summed E-state index contributed by atoms with van der Waals surface area (Å²) in [5.74, 6) is 0.460. The quantitative estimate of drug-likeness (QED) is 0.410. The van der Waals surface area contributed by atoms with Crippen molar-refractivity contribution in [3.63, 3.8) is 0 Å². The third kappa shape index (κ3) is 4.87. The number of para-hydroxylation sites is 1. The van der Waals surface area contributed by atoms with Crippen molar-refractivity contribution in [2.45, 2.75) is 46.1 Å². The van der Waals surface area contributed by atoms with Gasteiger partial charge in [0.15, 0.2) is 0 Å². The zero-order valence-electron chi connectivity index (χ0n) is 19.5. The van der Waals surface area contributed by atoms with Gasteiger partial charge in [0.2, 0.25) is 0 Å². The van der Waals surface area contributed by atoms with E-state index in [1.165, 1.54) is 0 Å². The fourth-order valence-electron chi connectivity index (χ4n) is 3.82. The Hall–Kier alpha value is -3.08. The highest BCUT2D eigenvalue weighted by Crippen LogP contribution is 2.47. The highest BCUT2D eigenvalue weighted by Gasteiger charge is 2.23. The van der Waals surface area contributed by atoms with E-state index in [2.05, 4.69) is 27.7 Å². The van der Waals surface area contributed by atoms with E-state index in [1.54, 1.807) is 6.07 Å². The van der Waals surface area contributed by atoms with Crippen LogP contribution in [0.3, 0.4) is 0 Å². The zero-order chi connectivity index (χ0) is 23.6. The van der Waals surface area contributed by atoms with Crippen molar-refractivity contribution in [2.24, 2.45) is 0 Å². The van der Waals surface area contributed by atoms with Crippen molar-refractivity contribution in [3.05, 3.63) is 65.7 Å². The molecule has 3 aromatic carbocycles. The number of anilines is 1. The normalized spacial score (nSPS) is 11.5. The number of hydrogen-bond acceptors (Lipinski definition) is 3. The predicted octanol–water partition coefficient (Wildman–Crippen LogP) is 7.64. The Kier molecular flexibility index (Phi) is 7.07. The van der Waals surface area contributed by atoms with Crippen molar-refractivity contribution >= 4 is 5.69 Å². The lowest BCUT2D eigenvalue weighted by atomic mass is 9.88. The van der Waals surface area contributed by atoms with Crippen molar-refractivity contribution < 1.29 is 18.6 Å². The summed E-state index contributed by atoms with van der Waals surface area (Å²) in [6, 6.07) is 16.7. The minimum absolute atomic E-state index is 0.0290. The monoisotopic (exact) mass is 439 g/mol. The van der Waals surface area contributed by atoms with Crippen molar-refractivity contribution in [1.82, 2.24) is 0 Å². The van der Waals surface area contributed by atoms with Crippen LogP contribution in [-0.2, 0) is 0 Å². The lowest BCUT2D eigenvalue weighted by molar-refractivity contribution is -0.0490. The highest BCUT2D eigenvalue weighted by molar-refractivity contribution is 5.90. The Morgan fingerprint density at radius 1 is 0.750 bits per heavy atom. The summed E-state index contributed by atoms with van der Waals surface area (Å²) in [6.07, 6.45) is 0. The molecule has 0 atom stereocenters. The lowest BCUT2D eigenvalue weighted by Crippen LogP contribution is -2.11. The van der Waals surface area contributed by atoms with Gasteiger partial charge in [0, 0.05) is 42.0 Å². The molecular weight excluding hydrogens is 408 g/mol. The van der Waals surface area contributed by atoms with E-state index in [0.29, 0.717) is 16.7 Å². The molecule has 3 aromatic rings. The van der Waals surface area contributed by atoms with Gasteiger partial charge >= 0.3 is 6.61 Å². The van der Waals surface area contributed by atoms with Crippen LogP contribution in [0.15, 0.2) is 54.6 Å². The summed E-state index contributed by atoms with van der Waals surface area (Å²) in [7, 11) is 3.83. The fraction of sp³-hybridized carbons (Fsp3) is 0.333. The Labute approximate surface area is 189 Å². The maximum absolute atomic E-state index is 13.6. The number of aromatic hydroxyl groups is 1. The third-order valence-corrected chi connectivity index (χ3v) is 5.64. The van der Waals surface area contributed by atoms with Crippen LogP contribution in [0.4, 0.5) is 14.5 Å². The van der Waals surface area contributed by atoms with Gasteiger partial charge in [-0.25, -0.2) is 0 Å². The van der Waals surface area contributed by atoms with E-state index in [9.17, 15) is 13.9 Å². The number of phenolic OH excluding ortho intramolecular Hbond substituents is 1. The first-order chi connectivity index (χ1) is 15.1. The van der Waals surface area contributed by atoms with Crippen LogP contribution in [0.2, 0.25) is 0 Å². The molecule has 0 radical (unpaired) electrons. The van der Waals surface area contributed by atoms with Crippen LogP contribution in [0.1, 0.15) is 50.7 Å². The van der Waals surface area contributed by atoms with E-state index >= 15 is 0 Å². The largest absolute Gasteiger partial charge is 0.507 e. The maximum atomic E-state index is 13.6. The van der Waals surface area contributed by atoms with Gasteiger partial charge in [-0.05, 0) is 53.3 Å². The minimum atomic E-state index is -3.00. The molecule has 0 aliphatic rings. The van der Waals surface area contributed by atoms with Gasteiger partial charge in [0.1, 0.15) is 11.5 Å². The molecule has 0 aromatic heterocycles. The van der Waals surface area contributed by atoms with Crippen LogP contribution >= 0.6 is 0 Å². The topological polar surface area (TPSA) is 32.7 Å². The van der Waals surface area contributed by atoms with Crippen LogP contribution in [0.5, 0.6) is 11.5 Å². The zero-order valence-corrected chi connectivity index (χ0v) is 19.5. The average molecular weight is 440 g/mol. The highest BCUT2D eigenvalue weighted by atomic mass is 19.3. The summed E-state index contributed by atoms with van der Waals surface area (Å²) in [5.41, 5.74) is 5.17. The Balaban J connectivity index is 2.42. The van der Waals surface area contributed by atoms with Crippen LogP contribution in [0.25, 0.3) is 22.3 Å². The molecule has 5 heteroatoms. The van der Waals surface area contributed by atoms with E-state index < -0.39 is 6.61 Å². The molecule has 0 saturated carbocycles. The Morgan fingerprint density at radius 2 is 1.31 bits per heavy atom. The first kappa shape index (κ1) is 23.6. The van der Waals surface area contributed by atoms with Gasteiger partial charge in [-0.2, -0.15) is 8.78 Å². The molecule has 0 unspecified atom stereocenters. The number of phenols is 1. The molecule has 0 fully saturated rings. The average Bonchev–Trinajstić information content (AvgIpc) is 2.73. The molecule has 0 spiro atoms. The molecule has 0 aliphatic carbocycles. The Morgan fingerprint density at radius 3 is 1.88 bits per heavy atom. The van der Waals surface area contributed by atoms with E-state index in [1.807, 2.05) is 67.5 Å². The van der Waals surface area contributed by atoms with E-state index in [-0.39, 0.29) is 23.3 Å². The van der Waals surface area contributed by atoms with Gasteiger partial charge in [0.25, 0.3) is 0 Å². The summed E-state index contributed by atoms with van der Waals surface area (Å²) in [6.45, 7) is 5.21. The number of hydrogen-bond donors (Lipinski definition) is 1. The van der Waals surface area contributed by atoms with Crippen molar-refractivity contribution in [3.8, 4) is 33.8 Å². The van der Waals surface area contributed by atoms with E-state index in [4.69, 9.17) is 4.74 Å². The first-order valence-electron chi connectivity index (χ1n) is 10.8. The molecule has 0 amide bonds. The summed E-state index contributed by atoms with van der Waals surface area (Å²) >= 11 is 0. The van der Waals surface area contributed by atoms with Crippen LogP contribution in [0, 0.1) is 0 Å². The number of alkyl halides is 2. The SMILES string of the molecule is CC(C)c1ccc(O)c(-c2cc(C(C)C)cc(-c3ccccc3N(C)C)c2OC(F)F)c1. The number of rotatable bonds is 7. The molecule has 0 aliphatic heterocycles. The van der Waals surface area contributed by atoms with E-state index in [0.717, 1.165) is 22.4 Å². The third-order valence-electron chi connectivity index (χ3n) is 5.64. The van der Waals surface area contributed by atoms with Gasteiger partial charge in [-0.1, -0.05) is 52.0 Å². The minimum Gasteiger partial charge on any atom is -0.507 e. The second-order valence-electron chi connectivity index (χ2n) is 8.82. The standard InChI is InChI=1S/C27H31F2NO2/c1-16(2)18-11-12-25(31)21(13-18)23-15-19(17(3)4)14-22(26(23)32-27(28)29)20-9-7-8-10-24(20)30(5)6/h7-17,27,31H,1-6H3. The maximum Gasteiger partial charge on any atom is 0.387 e. The molecule has 0 saturated heterocycles. The summed E-state index contributed by atoms with van der Waals surface area (Å²) < 4.78 is 32.4. The van der Waals surface area contributed by atoms with Gasteiger partial charge in [-0.3, -0.25) is 0 Å². The summed E-state index contributed by atoms with van der Waals surface area (Å²) in [5, 5.41) is 10.7. The number of halogens is 2. The molecule has 1 N–H and O–H groups in total. The predicted molar refractivity (Wildman–Crippen MR) is 128 cm³/mol. The first-order valence-corrected chi connectivity index (χ1v) is 10.8.